The number of Topliss-reactive ketones (excluding diaryl/α,β-unsaturated/α-hetero) is 1. The molecule has 0 bridgehead atoms. The molecule has 82 valence electrons. The van der Waals surface area contributed by atoms with E-state index in [9.17, 15) is 4.79 Å². The summed E-state index contributed by atoms with van der Waals surface area (Å²) < 4.78 is 5.47. The van der Waals surface area contributed by atoms with E-state index in [1.807, 2.05) is 13.8 Å². The molecule has 0 aromatic rings. The Bertz CT molecular complexity index is 183. The first kappa shape index (κ1) is 11.7. The van der Waals surface area contributed by atoms with Gasteiger partial charge in [-0.1, -0.05) is 13.8 Å². The SMILES string of the molecule is CCOC1CC(CC(=O)C(C)CC)C1. The highest BCUT2D eigenvalue weighted by Crippen LogP contribution is 2.33. The lowest BCUT2D eigenvalue weighted by molar-refractivity contribution is -0.125. The van der Waals surface area contributed by atoms with Crippen molar-refractivity contribution in [1.29, 1.82) is 0 Å². The van der Waals surface area contributed by atoms with Gasteiger partial charge in [-0.15, -0.1) is 0 Å². The molecule has 0 aromatic carbocycles. The first-order valence-electron chi connectivity index (χ1n) is 5.81. The Balaban J connectivity index is 2.13. The zero-order chi connectivity index (χ0) is 10.6. The molecule has 2 nitrogen and oxygen atoms in total. The average Bonchev–Trinajstić information content (AvgIpc) is 2.13. The van der Waals surface area contributed by atoms with Gasteiger partial charge in [-0.3, -0.25) is 4.79 Å². The Morgan fingerprint density at radius 2 is 2.07 bits per heavy atom. The Kier molecular flexibility index (Phi) is 4.59. The van der Waals surface area contributed by atoms with Crippen LogP contribution in [0.25, 0.3) is 0 Å². The van der Waals surface area contributed by atoms with Gasteiger partial charge < -0.3 is 4.74 Å². The summed E-state index contributed by atoms with van der Waals surface area (Å²) in [6.45, 7) is 6.93. The van der Waals surface area contributed by atoms with E-state index in [1.54, 1.807) is 0 Å². The van der Waals surface area contributed by atoms with Crippen molar-refractivity contribution in [3.8, 4) is 0 Å². The molecular formula is C12H22O2. The first-order valence-corrected chi connectivity index (χ1v) is 5.81. The second-order valence-electron chi connectivity index (χ2n) is 4.39. The summed E-state index contributed by atoms with van der Waals surface area (Å²) in [6, 6.07) is 0. The van der Waals surface area contributed by atoms with E-state index in [0.29, 0.717) is 17.8 Å². The molecule has 1 aliphatic rings. The molecule has 0 aromatic heterocycles. The van der Waals surface area contributed by atoms with E-state index in [1.165, 1.54) is 0 Å². The van der Waals surface area contributed by atoms with Gasteiger partial charge in [-0.05, 0) is 32.1 Å². The quantitative estimate of drug-likeness (QED) is 0.656. The van der Waals surface area contributed by atoms with Crippen LogP contribution in [0.1, 0.15) is 46.5 Å². The van der Waals surface area contributed by atoms with Crippen LogP contribution in [0.15, 0.2) is 0 Å². The lowest BCUT2D eigenvalue weighted by Crippen LogP contribution is -2.33. The number of ketones is 1. The van der Waals surface area contributed by atoms with Crippen LogP contribution >= 0.6 is 0 Å². The molecule has 1 aliphatic carbocycles. The number of rotatable bonds is 6. The van der Waals surface area contributed by atoms with Crippen molar-refractivity contribution in [2.24, 2.45) is 11.8 Å². The van der Waals surface area contributed by atoms with Crippen LogP contribution in [0.4, 0.5) is 0 Å². The van der Waals surface area contributed by atoms with Crippen molar-refractivity contribution in [2.75, 3.05) is 6.61 Å². The molecule has 1 fully saturated rings. The van der Waals surface area contributed by atoms with E-state index < -0.39 is 0 Å². The van der Waals surface area contributed by atoms with Crippen LogP contribution in [0, 0.1) is 11.8 Å². The van der Waals surface area contributed by atoms with Gasteiger partial charge in [-0.25, -0.2) is 0 Å². The van der Waals surface area contributed by atoms with E-state index in [2.05, 4.69) is 6.92 Å². The Morgan fingerprint density at radius 1 is 1.43 bits per heavy atom. The van der Waals surface area contributed by atoms with Crippen LogP contribution in [0.3, 0.4) is 0 Å². The largest absolute Gasteiger partial charge is 0.378 e. The third kappa shape index (κ3) is 3.09. The fraction of sp³-hybridized carbons (Fsp3) is 0.917. The highest BCUT2D eigenvalue weighted by molar-refractivity contribution is 5.80. The lowest BCUT2D eigenvalue weighted by atomic mass is 9.77. The monoisotopic (exact) mass is 198 g/mol. The van der Waals surface area contributed by atoms with Crippen molar-refractivity contribution < 1.29 is 9.53 Å². The molecule has 0 spiro atoms. The summed E-state index contributed by atoms with van der Waals surface area (Å²) in [4.78, 5) is 11.6. The zero-order valence-electron chi connectivity index (χ0n) is 9.58. The van der Waals surface area contributed by atoms with Gasteiger partial charge in [-0.2, -0.15) is 0 Å². The maximum absolute atomic E-state index is 11.6. The number of ether oxygens (including phenoxy) is 1. The van der Waals surface area contributed by atoms with E-state index in [0.717, 1.165) is 32.3 Å². The summed E-state index contributed by atoms with van der Waals surface area (Å²) in [5, 5.41) is 0. The second kappa shape index (κ2) is 5.50. The second-order valence-corrected chi connectivity index (χ2v) is 4.39. The molecular weight excluding hydrogens is 176 g/mol. The summed E-state index contributed by atoms with van der Waals surface area (Å²) in [6.07, 6.45) is 4.38. The minimum atomic E-state index is 0.251. The van der Waals surface area contributed by atoms with E-state index in [-0.39, 0.29) is 5.92 Å². The standard InChI is InChI=1S/C12H22O2/c1-4-9(3)12(13)8-10-6-11(7-10)14-5-2/h9-11H,4-8H2,1-3H3. The molecule has 0 amide bonds. The van der Waals surface area contributed by atoms with Crippen molar-refractivity contribution >= 4 is 5.78 Å². The summed E-state index contributed by atoms with van der Waals surface area (Å²) in [5.74, 6) is 1.29. The highest BCUT2D eigenvalue weighted by atomic mass is 16.5. The minimum Gasteiger partial charge on any atom is -0.378 e. The smallest absolute Gasteiger partial charge is 0.135 e. The van der Waals surface area contributed by atoms with E-state index in [4.69, 9.17) is 4.74 Å². The Hall–Kier alpha value is -0.370. The lowest BCUT2D eigenvalue weighted by Gasteiger charge is -2.34. The van der Waals surface area contributed by atoms with Gasteiger partial charge in [0, 0.05) is 18.9 Å². The normalized spacial score (nSPS) is 28.2. The molecule has 1 atom stereocenters. The summed E-state index contributed by atoms with van der Waals surface area (Å²) >= 11 is 0. The van der Waals surface area contributed by atoms with Gasteiger partial charge in [0.1, 0.15) is 5.78 Å². The fourth-order valence-corrected chi connectivity index (χ4v) is 1.93. The average molecular weight is 198 g/mol. The molecule has 1 rings (SSSR count). The number of hydrogen-bond acceptors (Lipinski definition) is 2. The molecule has 0 saturated heterocycles. The summed E-state index contributed by atoms with van der Waals surface area (Å²) in [7, 11) is 0. The number of carbonyl (C=O) groups excluding carboxylic acids is 1. The molecule has 0 aliphatic heterocycles. The van der Waals surface area contributed by atoms with Crippen molar-refractivity contribution in [2.45, 2.75) is 52.6 Å². The van der Waals surface area contributed by atoms with Crippen LogP contribution < -0.4 is 0 Å². The van der Waals surface area contributed by atoms with Gasteiger partial charge in [0.05, 0.1) is 6.10 Å². The maximum Gasteiger partial charge on any atom is 0.135 e. The number of carbonyl (C=O) groups is 1. The molecule has 2 heteroatoms. The predicted octanol–water partition coefficient (Wildman–Crippen LogP) is 2.81. The van der Waals surface area contributed by atoms with Gasteiger partial charge in [0.2, 0.25) is 0 Å². The van der Waals surface area contributed by atoms with Crippen LogP contribution in [-0.4, -0.2) is 18.5 Å². The Morgan fingerprint density at radius 3 is 2.57 bits per heavy atom. The third-order valence-electron chi connectivity index (χ3n) is 3.25. The molecule has 0 radical (unpaired) electrons. The van der Waals surface area contributed by atoms with Gasteiger partial charge >= 0.3 is 0 Å². The fourth-order valence-electron chi connectivity index (χ4n) is 1.93. The third-order valence-corrected chi connectivity index (χ3v) is 3.25. The summed E-state index contributed by atoms with van der Waals surface area (Å²) in [5.41, 5.74) is 0. The molecule has 14 heavy (non-hydrogen) atoms. The van der Waals surface area contributed by atoms with Crippen LogP contribution in [-0.2, 0) is 9.53 Å². The van der Waals surface area contributed by atoms with Crippen molar-refractivity contribution in [3.63, 3.8) is 0 Å². The van der Waals surface area contributed by atoms with Gasteiger partial charge in [0.25, 0.3) is 0 Å². The van der Waals surface area contributed by atoms with E-state index >= 15 is 0 Å². The van der Waals surface area contributed by atoms with Gasteiger partial charge in [0.15, 0.2) is 0 Å². The number of hydrogen-bond donors (Lipinski definition) is 0. The molecule has 1 saturated carbocycles. The molecule has 0 heterocycles. The molecule has 1 unspecified atom stereocenters. The topological polar surface area (TPSA) is 26.3 Å². The highest BCUT2D eigenvalue weighted by Gasteiger charge is 2.31. The molecule has 0 N–H and O–H groups in total. The zero-order valence-corrected chi connectivity index (χ0v) is 9.58. The van der Waals surface area contributed by atoms with Crippen LogP contribution in [0.5, 0.6) is 0 Å². The maximum atomic E-state index is 11.6. The van der Waals surface area contributed by atoms with Crippen LogP contribution in [0.2, 0.25) is 0 Å². The Labute approximate surface area is 87.0 Å². The van der Waals surface area contributed by atoms with Crippen molar-refractivity contribution in [3.05, 3.63) is 0 Å². The minimum absolute atomic E-state index is 0.251. The predicted molar refractivity (Wildman–Crippen MR) is 57.2 cm³/mol. The van der Waals surface area contributed by atoms with Crippen molar-refractivity contribution in [1.82, 2.24) is 0 Å². The first-order chi connectivity index (χ1) is 6.67.